The second-order valence-electron chi connectivity index (χ2n) is 6.29. The molecule has 2 nitrogen and oxygen atoms in total. The van der Waals surface area contributed by atoms with Gasteiger partial charge in [0, 0.05) is 11.4 Å². The van der Waals surface area contributed by atoms with Crippen LogP contribution in [-0.4, -0.2) is 4.57 Å². The molecule has 0 N–H and O–H groups in total. The number of hydrogen-bond donors (Lipinski definition) is 0. The number of fused-ring (bicyclic) bond motifs is 1. The van der Waals surface area contributed by atoms with Crippen molar-refractivity contribution in [3.63, 3.8) is 0 Å². The number of benzene rings is 3. The SMILES string of the molecule is Clc1ccc(C[n+]2cn(CCc3ccccc3)c3ccccc32)cc1. The van der Waals surface area contributed by atoms with Crippen molar-refractivity contribution < 1.29 is 4.57 Å². The van der Waals surface area contributed by atoms with Crippen LogP contribution in [0.3, 0.4) is 0 Å². The van der Waals surface area contributed by atoms with Crippen LogP contribution in [0.15, 0.2) is 85.2 Å². The zero-order valence-electron chi connectivity index (χ0n) is 14.0. The van der Waals surface area contributed by atoms with E-state index >= 15 is 0 Å². The van der Waals surface area contributed by atoms with E-state index in [-0.39, 0.29) is 0 Å². The topological polar surface area (TPSA) is 8.81 Å². The maximum Gasteiger partial charge on any atom is 0.245 e. The summed E-state index contributed by atoms with van der Waals surface area (Å²) in [6, 6.07) is 27.3. The first-order chi connectivity index (χ1) is 12.3. The van der Waals surface area contributed by atoms with Gasteiger partial charge < -0.3 is 0 Å². The molecule has 0 aliphatic rings. The third kappa shape index (κ3) is 3.59. The highest BCUT2D eigenvalue weighted by Gasteiger charge is 2.15. The normalized spacial score (nSPS) is 11.1. The lowest BCUT2D eigenvalue weighted by molar-refractivity contribution is -0.663. The van der Waals surface area contributed by atoms with Crippen LogP contribution in [0.1, 0.15) is 11.1 Å². The quantitative estimate of drug-likeness (QED) is 0.455. The minimum atomic E-state index is 0.777. The summed E-state index contributed by atoms with van der Waals surface area (Å²) < 4.78 is 4.65. The highest BCUT2D eigenvalue weighted by molar-refractivity contribution is 6.30. The molecule has 3 aromatic carbocycles. The molecule has 4 rings (SSSR count). The molecule has 0 unspecified atom stereocenters. The highest BCUT2D eigenvalue weighted by Crippen LogP contribution is 2.14. The predicted molar refractivity (Wildman–Crippen MR) is 103 cm³/mol. The van der Waals surface area contributed by atoms with Crippen molar-refractivity contribution in [3.8, 4) is 0 Å². The monoisotopic (exact) mass is 347 g/mol. The van der Waals surface area contributed by atoms with E-state index in [4.69, 9.17) is 11.6 Å². The van der Waals surface area contributed by atoms with Gasteiger partial charge in [-0.15, -0.1) is 0 Å². The van der Waals surface area contributed by atoms with Gasteiger partial charge in [-0.3, -0.25) is 0 Å². The van der Waals surface area contributed by atoms with Crippen LogP contribution in [0.2, 0.25) is 5.02 Å². The van der Waals surface area contributed by atoms with E-state index < -0.39 is 0 Å². The van der Waals surface area contributed by atoms with Crippen molar-refractivity contribution in [1.82, 2.24) is 4.57 Å². The molecule has 0 amide bonds. The summed E-state index contributed by atoms with van der Waals surface area (Å²) in [5.74, 6) is 0. The van der Waals surface area contributed by atoms with Gasteiger partial charge in [-0.05, 0) is 35.4 Å². The molecular formula is C22H20ClN2+. The average Bonchev–Trinajstić information content (AvgIpc) is 3.01. The summed E-state index contributed by atoms with van der Waals surface area (Å²) in [6.45, 7) is 1.81. The average molecular weight is 348 g/mol. The number of halogens is 1. The largest absolute Gasteiger partial charge is 0.245 e. The summed E-state index contributed by atoms with van der Waals surface area (Å²) in [5.41, 5.74) is 5.14. The molecule has 4 aromatic rings. The van der Waals surface area contributed by atoms with E-state index in [1.54, 1.807) is 0 Å². The molecule has 25 heavy (non-hydrogen) atoms. The number of nitrogens with zero attached hydrogens (tertiary/aromatic N) is 2. The van der Waals surface area contributed by atoms with Gasteiger partial charge in [0.25, 0.3) is 0 Å². The molecule has 0 aliphatic heterocycles. The third-order valence-electron chi connectivity index (χ3n) is 4.53. The molecule has 0 bridgehead atoms. The van der Waals surface area contributed by atoms with Gasteiger partial charge in [-0.2, -0.15) is 0 Å². The predicted octanol–water partition coefficient (Wildman–Crippen LogP) is 4.87. The second kappa shape index (κ2) is 7.12. The van der Waals surface area contributed by atoms with Crippen molar-refractivity contribution in [2.45, 2.75) is 19.5 Å². The molecule has 0 aliphatic carbocycles. The van der Waals surface area contributed by atoms with Crippen molar-refractivity contribution in [2.75, 3.05) is 0 Å². The Morgan fingerprint density at radius 1 is 0.760 bits per heavy atom. The number of imidazole rings is 1. The lowest BCUT2D eigenvalue weighted by Crippen LogP contribution is -2.32. The Labute approximate surface area is 152 Å². The van der Waals surface area contributed by atoms with Crippen LogP contribution >= 0.6 is 11.6 Å². The maximum absolute atomic E-state index is 6.00. The molecule has 0 spiro atoms. The van der Waals surface area contributed by atoms with Gasteiger partial charge in [0.05, 0.1) is 6.54 Å². The Bertz CT molecular complexity index is 972. The Morgan fingerprint density at radius 2 is 1.48 bits per heavy atom. The standard InChI is InChI=1S/C22H20ClN2/c23-20-12-10-19(11-13-20)16-25-17-24(21-8-4-5-9-22(21)25)15-14-18-6-2-1-3-7-18/h1-13,17H,14-16H2/q+1. The van der Waals surface area contributed by atoms with E-state index in [0.29, 0.717) is 0 Å². The molecule has 0 atom stereocenters. The van der Waals surface area contributed by atoms with Crippen LogP contribution in [0.25, 0.3) is 11.0 Å². The van der Waals surface area contributed by atoms with Gasteiger partial charge in [0.15, 0.2) is 11.0 Å². The molecule has 0 saturated heterocycles. The number of hydrogen-bond acceptors (Lipinski definition) is 0. The first-order valence-corrected chi connectivity index (χ1v) is 8.93. The van der Waals surface area contributed by atoms with Crippen LogP contribution < -0.4 is 4.57 Å². The zero-order valence-corrected chi connectivity index (χ0v) is 14.7. The summed E-state index contributed by atoms with van der Waals surface area (Å²) in [5, 5.41) is 0.777. The first-order valence-electron chi connectivity index (χ1n) is 8.55. The lowest BCUT2D eigenvalue weighted by Gasteiger charge is -1.99. The lowest BCUT2D eigenvalue weighted by atomic mass is 10.1. The minimum Gasteiger partial charge on any atom is -0.230 e. The van der Waals surface area contributed by atoms with E-state index in [9.17, 15) is 0 Å². The fraction of sp³-hybridized carbons (Fsp3) is 0.136. The Hall–Kier alpha value is -2.58. The summed E-state index contributed by atoms with van der Waals surface area (Å²) >= 11 is 6.00. The van der Waals surface area contributed by atoms with Crippen molar-refractivity contribution in [3.05, 3.63) is 101 Å². The molecular weight excluding hydrogens is 328 g/mol. The fourth-order valence-corrected chi connectivity index (χ4v) is 3.35. The Kier molecular flexibility index (Phi) is 4.53. The van der Waals surface area contributed by atoms with Crippen molar-refractivity contribution >= 4 is 22.6 Å². The fourth-order valence-electron chi connectivity index (χ4n) is 3.23. The molecule has 0 saturated carbocycles. The molecule has 3 heteroatoms. The van der Waals surface area contributed by atoms with Crippen molar-refractivity contribution in [1.29, 1.82) is 0 Å². The smallest absolute Gasteiger partial charge is 0.230 e. The first kappa shape index (κ1) is 15.9. The van der Waals surface area contributed by atoms with Gasteiger partial charge >= 0.3 is 0 Å². The molecule has 0 radical (unpaired) electrons. The van der Waals surface area contributed by atoms with Crippen LogP contribution in [0, 0.1) is 0 Å². The molecule has 0 fully saturated rings. The summed E-state index contributed by atoms with van der Waals surface area (Å²) in [7, 11) is 0. The molecule has 1 aromatic heterocycles. The number of aryl methyl sites for hydroxylation is 2. The molecule has 124 valence electrons. The third-order valence-corrected chi connectivity index (χ3v) is 4.78. The minimum absolute atomic E-state index is 0.777. The number of para-hydroxylation sites is 2. The Morgan fingerprint density at radius 3 is 2.28 bits per heavy atom. The maximum atomic E-state index is 6.00. The van der Waals surface area contributed by atoms with Gasteiger partial charge in [-0.25, -0.2) is 9.13 Å². The van der Waals surface area contributed by atoms with E-state index in [2.05, 4.69) is 82.2 Å². The van der Waals surface area contributed by atoms with E-state index in [1.165, 1.54) is 22.2 Å². The van der Waals surface area contributed by atoms with Gasteiger partial charge in [0.2, 0.25) is 6.33 Å². The van der Waals surface area contributed by atoms with Gasteiger partial charge in [-0.1, -0.05) is 66.2 Å². The Balaban J connectivity index is 1.63. The zero-order chi connectivity index (χ0) is 17.1. The number of aromatic nitrogens is 2. The highest BCUT2D eigenvalue weighted by atomic mass is 35.5. The van der Waals surface area contributed by atoms with Crippen LogP contribution in [0.5, 0.6) is 0 Å². The summed E-state index contributed by atoms with van der Waals surface area (Å²) in [4.78, 5) is 0. The van der Waals surface area contributed by atoms with E-state index in [0.717, 1.165) is 24.5 Å². The van der Waals surface area contributed by atoms with Crippen molar-refractivity contribution in [2.24, 2.45) is 0 Å². The van der Waals surface area contributed by atoms with Crippen LogP contribution in [-0.2, 0) is 19.5 Å². The number of rotatable bonds is 5. The summed E-state index contributed by atoms with van der Waals surface area (Å²) in [6.07, 6.45) is 3.25. The second-order valence-corrected chi connectivity index (χ2v) is 6.72. The van der Waals surface area contributed by atoms with Gasteiger partial charge in [0.1, 0.15) is 6.54 Å². The molecule has 1 heterocycles. The van der Waals surface area contributed by atoms with E-state index in [1.807, 2.05) is 12.1 Å². The van der Waals surface area contributed by atoms with Crippen LogP contribution in [0.4, 0.5) is 0 Å².